The molecule has 1 rings (SSSR count). The summed E-state index contributed by atoms with van der Waals surface area (Å²) >= 11 is 5.38. The smallest absolute Gasteiger partial charge is 0.234 e. The molecular formula is C10H20ClN3O. The van der Waals surface area contributed by atoms with Crippen LogP contribution < -0.4 is 5.32 Å². The van der Waals surface area contributed by atoms with E-state index in [0.717, 1.165) is 19.6 Å². The third kappa shape index (κ3) is 4.36. The molecule has 1 amide bonds. The minimum Gasteiger partial charge on any atom is -0.354 e. The van der Waals surface area contributed by atoms with Crippen molar-refractivity contribution >= 4 is 17.5 Å². The molecule has 1 atom stereocenters. The molecule has 0 aromatic rings. The van der Waals surface area contributed by atoms with Crippen LogP contribution in [0.25, 0.3) is 0 Å². The third-order valence-electron chi connectivity index (χ3n) is 2.85. The van der Waals surface area contributed by atoms with Crippen molar-refractivity contribution in [1.82, 2.24) is 15.1 Å². The Morgan fingerprint density at radius 3 is 2.87 bits per heavy atom. The molecule has 1 N–H and O–H groups in total. The van der Waals surface area contributed by atoms with Crippen molar-refractivity contribution in [3.05, 3.63) is 0 Å². The van der Waals surface area contributed by atoms with E-state index in [0.29, 0.717) is 12.6 Å². The van der Waals surface area contributed by atoms with Crippen LogP contribution in [0, 0.1) is 0 Å². The molecule has 1 heterocycles. The minimum absolute atomic E-state index is 0.0559. The summed E-state index contributed by atoms with van der Waals surface area (Å²) in [4.78, 5) is 15.5. The van der Waals surface area contributed by atoms with E-state index in [4.69, 9.17) is 11.6 Å². The Labute approximate surface area is 96.6 Å². The number of likely N-dealkylation sites (tertiary alicyclic amines) is 1. The van der Waals surface area contributed by atoms with Crippen LogP contribution in [0.2, 0.25) is 0 Å². The predicted molar refractivity (Wildman–Crippen MR) is 62.3 cm³/mol. The fourth-order valence-electron chi connectivity index (χ4n) is 1.84. The second kappa shape index (κ2) is 6.30. The van der Waals surface area contributed by atoms with E-state index in [-0.39, 0.29) is 11.8 Å². The van der Waals surface area contributed by atoms with Crippen molar-refractivity contribution in [2.75, 3.05) is 46.2 Å². The van der Waals surface area contributed by atoms with Gasteiger partial charge in [0.2, 0.25) is 5.91 Å². The van der Waals surface area contributed by atoms with Crippen LogP contribution in [0.4, 0.5) is 0 Å². The van der Waals surface area contributed by atoms with Crippen LogP contribution in [0.3, 0.4) is 0 Å². The highest BCUT2D eigenvalue weighted by atomic mass is 35.5. The maximum atomic E-state index is 10.9. The number of carbonyl (C=O) groups is 1. The van der Waals surface area contributed by atoms with Crippen molar-refractivity contribution in [2.24, 2.45) is 0 Å². The molecule has 0 spiro atoms. The second-order valence-electron chi connectivity index (χ2n) is 4.19. The molecule has 0 aliphatic carbocycles. The van der Waals surface area contributed by atoms with Crippen molar-refractivity contribution in [2.45, 2.75) is 12.5 Å². The van der Waals surface area contributed by atoms with Gasteiger partial charge in [0.1, 0.15) is 5.88 Å². The highest BCUT2D eigenvalue weighted by molar-refractivity contribution is 6.27. The van der Waals surface area contributed by atoms with Gasteiger partial charge in [0.25, 0.3) is 0 Å². The SMILES string of the molecule is CN(C)[C@@H]1CCN(CCNC(=O)CCl)C1. The summed E-state index contributed by atoms with van der Waals surface area (Å²) in [6.45, 7) is 3.85. The van der Waals surface area contributed by atoms with E-state index >= 15 is 0 Å². The first kappa shape index (κ1) is 12.7. The van der Waals surface area contributed by atoms with Gasteiger partial charge in [-0.3, -0.25) is 9.69 Å². The van der Waals surface area contributed by atoms with Crippen LogP contribution in [0.1, 0.15) is 6.42 Å². The number of hydrogen-bond donors (Lipinski definition) is 1. The lowest BCUT2D eigenvalue weighted by atomic mass is 10.2. The van der Waals surface area contributed by atoms with Gasteiger partial charge < -0.3 is 10.2 Å². The first-order chi connectivity index (χ1) is 7.13. The lowest BCUT2D eigenvalue weighted by Crippen LogP contribution is -2.36. The Kier molecular flexibility index (Phi) is 5.36. The molecule has 0 aromatic heterocycles. The average Bonchev–Trinajstić information content (AvgIpc) is 2.66. The number of halogens is 1. The molecule has 88 valence electrons. The molecule has 5 heteroatoms. The van der Waals surface area contributed by atoms with Crippen LogP contribution in [-0.4, -0.2) is 67.9 Å². The number of likely N-dealkylation sites (N-methyl/N-ethyl adjacent to an activating group) is 1. The molecule has 0 bridgehead atoms. The highest BCUT2D eigenvalue weighted by Gasteiger charge is 2.23. The fourth-order valence-corrected chi connectivity index (χ4v) is 1.93. The largest absolute Gasteiger partial charge is 0.354 e. The molecule has 0 aromatic carbocycles. The standard InChI is InChI=1S/C10H20ClN3O/c1-13(2)9-3-5-14(8-9)6-4-12-10(15)7-11/h9H,3-8H2,1-2H3,(H,12,15)/t9-/m1/s1. The molecule has 0 unspecified atom stereocenters. The Balaban J connectivity index is 2.11. The average molecular weight is 234 g/mol. The van der Waals surface area contributed by atoms with Crippen LogP contribution in [0.15, 0.2) is 0 Å². The molecule has 1 aliphatic heterocycles. The maximum absolute atomic E-state index is 10.9. The Morgan fingerprint density at radius 1 is 1.60 bits per heavy atom. The number of nitrogens with zero attached hydrogens (tertiary/aromatic N) is 2. The van der Waals surface area contributed by atoms with Crippen LogP contribution in [0.5, 0.6) is 0 Å². The minimum atomic E-state index is -0.0833. The van der Waals surface area contributed by atoms with Crippen LogP contribution >= 0.6 is 11.6 Å². The highest BCUT2D eigenvalue weighted by Crippen LogP contribution is 2.11. The first-order valence-corrected chi connectivity index (χ1v) is 5.88. The van der Waals surface area contributed by atoms with Crippen molar-refractivity contribution < 1.29 is 4.79 Å². The van der Waals surface area contributed by atoms with Crippen LogP contribution in [-0.2, 0) is 4.79 Å². The quantitative estimate of drug-likeness (QED) is 0.678. The summed E-state index contributed by atoms with van der Waals surface area (Å²) in [7, 11) is 4.23. The van der Waals surface area contributed by atoms with Gasteiger partial charge in [-0.1, -0.05) is 0 Å². The molecule has 1 saturated heterocycles. The van der Waals surface area contributed by atoms with E-state index in [9.17, 15) is 4.79 Å². The van der Waals surface area contributed by atoms with Gasteiger partial charge in [-0.15, -0.1) is 11.6 Å². The summed E-state index contributed by atoms with van der Waals surface area (Å²) in [5.74, 6) is -0.0274. The number of carbonyl (C=O) groups excluding carboxylic acids is 1. The lowest BCUT2D eigenvalue weighted by molar-refractivity contribution is -0.118. The van der Waals surface area contributed by atoms with Gasteiger partial charge in [-0.05, 0) is 27.1 Å². The van der Waals surface area contributed by atoms with Gasteiger partial charge in [0.15, 0.2) is 0 Å². The zero-order valence-electron chi connectivity index (χ0n) is 9.50. The van der Waals surface area contributed by atoms with Gasteiger partial charge in [-0.2, -0.15) is 0 Å². The topological polar surface area (TPSA) is 35.6 Å². The van der Waals surface area contributed by atoms with E-state index in [1.807, 2.05) is 0 Å². The Hall–Kier alpha value is -0.320. The van der Waals surface area contributed by atoms with Crippen molar-refractivity contribution in [1.29, 1.82) is 0 Å². The first-order valence-electron chi connectivity index (χ1n) is 5.35. The second-order valence-corrected chi connectivity index (χ2v) is 4.46. The number of amides is 1. The zero-order chi connectivity index (χ0) is 11.3. The monoisotopic (exact) mass is 233 g/mol. The lowest BCUT2D eigenvalue weighted by Gasteiger charge is -2.20. The molecule has 15 heavy (non-hydrogen) atoms. The van der Waals surface area contributed by atoms with Gasteiger partial charge in [-0.25, -0.2) is 0 Å². The summed E-state index contributed by atoms with van der Waals surface area (Å²) in [6, 6.07) is 0.661. The zero-order valence-corrected chi connectivity index (χ0v) is 10.3. The van der Waals surface area contributed by atoms with Gasteiger partial charge >= 0.3 is 0 Å². The van der Waals surface area contributed by atoms with Crippen molar-refractivity contribution in [3.63, 3.8) is 0 Å². The molecule has 4 nitrogen and oxygen atoms in total. The third-order valence-corrected chi connectivity index (χ3v) is 3.09. The van der Waals surface area contributed by atoms with Crippen molar-refractivity contribution in [3.8, 4) is 0 Å². The number of hydrogen-bond acceptors (Lipinski definition) is 3. The summed E-state index contributed by atoms with van der Waals surface area (Å²) in [6.07, 6.45) is 1.22. The maximum Gasteiger partial charge on any atom is 0.234 e. The summed E-state index contributed by atoms with van der Waals surface area (Å²) in [5.41, 5.74) is 0. The summed E-state index contributed by atoms with van der Waals surface area (Å²) < 4.78 is 0. The molecule has 1 fully saturated rings. The Bertz CT molecular complexity index is 211. The number of alkyl halides is 1. The van der Waals surface area contributed by atoms with Gasteiger partial charge in [0, 0.05) is 25.7 Å². The Morgan fingerprint density at radius 2 is 2.33 bits per heavy atom. The fraction of sp³-hybridized carbons (Fsp3) is 0.900. The predicted octanol–water partition coefficient (Wildman–Crippen LogP) is -0.0227. The number of rotatable bonds is 5. The van der Waals surface area contributed by atoms with E-state index in [1.54, 1.807) is 0 Å². The van der Waals surface area contributed by atoms with E-state index in [1.165, 1.54) is 6.42 Å². The molecular weight excluding hydrogens is 214 g/mol. The summed E-state index contributed by atoms with van der Waals surface area (Å²) in [5, 5.41) is 2.78. The normalized spacial score (nSPS) is 22.3. The molecule has 1 aliphatic rings. The van der Waals surface area contributed by atoms with Gasteiger partial charge in [0.05, 0.1) is 0 Å². The number of nitrogens with one attached hydrogen (secondary N) is 1. The molecule has 0 radical (unpaired) electrons. The van der Waals surface area contributed by atoms with E-state index in [2.05, 4.69) is 29.2 Å². The van der Waals surface area contributed by atoms with E-state index < -0.39 is 0 Å². The molecule has 0 saturated carbocycles.